The molecule has 3 aromatic rings. The Morgan fingerprint density at radius 1 is 1.19 bits per heavy atom. The predicted molar refractivity (Wildman–Crippen MR) is 97.6 cm³/mol. The normalized spacial score (nSPS) is 10.7. The van der Waals surface area contributed by atoms with Crippen molar-refractivity contribution < 1.29 is 10.2 Å². The van der Waals surface area contributed by atoms with Crippen LogP contribution in [0.5, 0.6) is 5.88 Å². The Hall–Kier alpha value is -3.01. The molecule has 7 heteroatoms. The molecule has 0 unspecified atom stereocenters. The third-order valence-electron chi connectivity index (χ3n) is 4.27. The maximum absolute atomic E-state index is 12.9. The van der Waals surface area contributed by atoms with E-state index in [0.29, 0.717) is 11.3 Å². The first-order valence-electron chi connectivity index (χ1n) is 7.87. The van der Waals surface area contributed by atoms with Crippen molar-refractivity contribution in [2.45, 2.75) is 20.1 Å². The van der Waals surface area contributed by atoms with Gasteiger partial charge in [0.25, 0.3) is 0 Å². The number of aromatic nitrogens is 2. The summed E-state index contributed by atoms with van der Waals surface area (Å²) >= 11 is 6.19. The second-order valence-corrected chi connectivity index (χ2v) is 6.18. The molecule has 0 aliphatic heterocycles. The first-order chi connectivity index (χ1) is 12.5. The molecule has 2 aromatic carbocycles. The van der Waals surface area contributed by atoms with Gasteiger partial charge in [0, 0.05) is 0 Å². The highest BCUT2D eigenvalue weighted by atomic mass is 35.5. The van der Waals surface area contributed by atoms with Gasteiger partial charge in [0.1, 0.15) is 11.8 Å². The molecule has 2 N–H and O–H groups in total. The molecule has 0 bridgehead atoms. The van der Waals surface area contributed by atoms with Crippen LogP contribution >= 0.6 is 11.6 Å². The average molecular weight is 370 g/mol. The van der Waals surface area contributed by atoms with Gasteiger partial charge in [0.05, 0.1) is 29.4 Å². The van der Waals surface area contributed by atoms with Crippen LogP contribution in [0.4, 0.5) is 0 Å². The Labute approximate surface area is 154 Å². The molecule has 0 saturated heterocycles. The fourth-order valence-corrected chi connectivity index (χ4v) is 3.08. The van der Waals surface area contributed by atoms with E-state index < -0.39 is 12.3 Å². The van der Waals surface area contributed by atoms with Crippen molar-refractivity contribution in [3.8, 4) is 17.6 Å². The molecule has 0 aliphatic rings. The van der Waals surface area contributed by atoms with Crippen molar-refractivity contribution >= 4 is 11.6 Å². The number of benzene rings is 2. The Kier molecular flexibility index (Phi) is 4.85. The molecular formula is C19H16ClN3O3. The Morgan fingerprint density at radius 3 is 2.50 bits per heavy atom. The molecule has 0 radical (unpaired) electrons. The van der Waals surface area contributed by atoms with Gasteiger partial charge < -0.3 is 10.2 Å². The summed E-state index contributed by atoms with van der Waals surface area (Å²) in [6, 6.07) is 14.3. The van der Waals surface area contributed by atoms with Gasteiger partial charge >= 0.3 is 5.69 Å². The van der Waals surface area contributed by atoms with E-state index >= 15 is 0 Å². The van der Waals surface area contributed by atoms with E-state index in [4.69, 9.17) is 16.9 Å². The van der Waals surface area contributed by atoms with Gasteiger partial charge in [-0.25, -0.2) is 9.36 Å². The minimum absolute atomic E-state index is 0.110. The highest BCUT2D eigenvalue weighted by Crippen LogP contribution is 2.29. The van der Waals surface area contributed by atoms with Crippen LogP contribution < -0.4 is 5.69 Å². The summed E-state index contributed by atoms with van der Waals surface area (Å²) < 4.78 is 2.41. The monoisotopic (exact) mass is 369 g/mol. The first-order valence-corrected chi connectivity index (χ1v) is 8.25. The molecule has 1 aromatic heterocycles. The minimum Gasteiger partial charge on any atom is -0.493 e. The SMILES string of the molecule is Cc1c(-n2c(O)c(CO)n(Cc3ccccc3)c2=O)ccc(C#N)c1Cl. The van der Waals surface area contributed by atoms with E-state index in [1.807, 2.05) is 36.4 Å². The lowest BCUT2D eigenvalue weighted by atomic mass is 10.1. The zero-order valence-electron chi connectivity index (χ0n) is 14.0. The van der Waals surface area contributed by atoms with Crippen LogP contribution in [-0.4, -0.2) is 19.3 Å². The van der Waals surface area contributed by atoms with Crippen LogP contribution in [0.15, 0.2) is 47.3 Å². The predicted octanol–water partition coefficient (Wildman–Crippen LogP) is 2.72. The molecular weight excluding hydrogens is 354 g/mol. The topological polar surface area (TPSA) is 91.2 Å². The van der Waals surface area contributed by atoms with Gasteiger partial charge in [-0.1, -0.05) is 41.9 Å². The van der Waals surface area contributed by atoms with Gasteiger partial charge in [0.15, 0.2) is 0 Å². The third-order valence-corrected chi connectivity index (χ3v) is 4.76. The van der Waals surface area contributed by atoms with Gasteiger partial charge in [-0.3, -0.25) is 4.57 Å². The highest BCUT2D eigenvalue weighted by molar-refractivity contribution is 6.32. The van der Waals surface area contributed by atoms with Crippen LogP contribution in [-0.2, 0) is 13.2 Å². The zero-order valence-corrected chi connectivity index (χ0v) is 14.7. The number of rotatable bonds is 4. The van der Waals surface area contributed by atoms with Crippen LogP contribution in [0.25, 0.3) is 5.69 Å². The Balaban J connectivity index is 2.20. The minimum atomic E-state index is -0.501. The molecule has 26 heavy (non-hydrogen) atoms. The summed E-state index contributed by atoms with van der Waals surface area (Å²) in [6.45, 7) is 1.38. The summed E-state index contributed by atoms with van der Waals surface area (Å²) in [4.78, 5) is 12.9. The molecule has 0 saturated carbocycles. The fraction of sp³-hybridized carbons (Fsp3) is 0.158. The number of nitrogens with zero attached hydrogens (tertiary/aromatic N) is 3. The number of nitriles is 1. The Bertz CT molecular complexity index is 1060. The van der Waals surface area contributed by atoms with Crippen LogP contribution in [0.3, 0.4) is 0 Å². The summed E-state index contributed by atoms with van der Waals surface area (Å²) in [5, 5.41) is 29.5. The summed E-state index contributed by atoms with van der Waals surface area (Å²) in [7, 11) is 0. The van der Waals surface area contributed by atoms with E-state index in [9.17, 15) is 15.0 Å². The van der Waals surface area contributed by atoms with Crippen LogP contribution in [0, 0.1) is 18.3 Å². The number of aliphatic hydroxyl groups is 1. The van der Waals surface area contributed by atoms with E-state index in [1.54, 1.807) is 13.0 Å². The van der Waals surface area contributed by atoms with Gasteiger partial charge in [-0.15, -0.1) is 0 Å². The average Bonchev–Trinajstić information content (AvgIpc) is 2.88. The van der Waals surface area contributed by atoms with Crippen molar-refractivity contribution in [2.24, 2.45) is 0 Å². The van der Waals surface area contributed by atoms with E-state index in [1.165, 1.54) is 10.6 Å². The number of aromatic hydroxyl groups is 1. The maximum Gasteiger partial charge on any atom is 0.336 e. The number of aliphatic hydroxyl groups excluding tert-OH is 1. The molecule has 6 nitrogen and oxygen atoms in total. The summed E-state index contributed by atoms with van der Waals surface area (Å²) in [6.07, 6.45) is 0. The van der Waals surface area contributed by atoms with Gasteiger partial charge in [-0.2, -0.15) is 5.26 Å². The molecule has 0 spiro atoms. The first kappa shape index (κ1) is 17.8. The van der Waals surface area contributed by atoms with Crippen molar-refractivity contribution in [1.29, 1.82) is 5.26 Å². The third kappa shape index (κ3) is 2.88. The zero-order chi connectivity index (χ0) is 18.8. The second-order valence-electron chi connectivity index (χ2n) is 5.80. The molecule has 1 heterocycles. The van der Waals surface area contributed by atoms with Crippen molar-refractivity contribution in [1.82, 2.24) is 9.13 Å². The standard InChI is InChI=1S/C19H16ClN3O3/c1-12-15(8-7-14(9-21)17(12)20)23-18(25)16(11-24)22(19(23)26)10-13-5-3-2-4-6-13/h2-8,24-25H,10-11H2,1H3. The highest BCUT2D eigenvalue weighted by Gasteiger charge is 2.22. The molecule has 0 aliphatic carbocycles. The molecule has 132 valence electrons. The summed E-state index contributed by atoms with van der Waals surface area (Å²) in [5.74, 6) is -0.350. The quantitative estimate of drug-likeness (QED) is 0.739. The van der Waals surface area contributed by atoms with Crippen molar-refractivity contribution in [2.75, 3.05) is 0 Å². The number of hydrogen-bond donors (Lipinski definition) is 2. The molecule has 0 fully saturated rings. The van der Waals surface area contributed by atoms with Crippen molar-refractivity contribution in [3.63, 3.8) is 0 Å². The van der Waals surface area contributed by atoms with Crippen LogP contribution in [0.1, 0.15) is 22.4 Å². The van der Waals surface area contributed by atoms with E-state index in [-0.39, 0.29) is 28.7 Å². The fourth-order valence-electron chi connectivity index (χ4n) is 2.88. The maximum atomic E-state index is 12.9. The Morgan fingerprint density at radius 2 is 1.88 bits per heavy atom. The molecule has 0 atom stereocenters. The van der Waals surface area contributed by atoms with E-state index in [2.05, 4.69) is 0 Å². The second kappa shape index (κ2) is 7.08. The summed E-state index contributed by atoms with van der Waals surface area (Å²) in [5.41, 5.74) is 1.60. The lowest BCUT2D eigenvalue weighted by molar-refractivity contribution is 0.263. The van der Waals surface area contributed by atoms with Gasteiger partial charge in [-0.05, 0) is 30.2 Å². The van der Waals surface area contributed by atoms with E-state index in [0.717, 1.165) is 10.1 Å². The lowest BCUT2D eigenvalue weighted by Gasteiger charge is -2.09. The molecule has 3 rings (SSSR count). The lowest BCUT2D eigenvalue weighted by Crippen LogP contribution is -2.25. The van der Waals surface area contributed by atoms with Crippen LogP contribution in [0.2, 0.25) is 5.02 Å². The largest absolute Gasteiger partial charge is 0.493 e. The smallest absolute Gasteiger partial charge is 0.336 e. The van der Waals surface area contributed by atoms with Crippen molar-refractivity contribution in [3.05, 3.63) is 80.4 Å². The number of imidazole rings is 1. The number of hydrogen-bond acceptors (Lipinski definition) is 4. The van der Waals surface area contributed by atoms with Gasteiger partial charge in [0.2, 0.25) is 5.88 Å². The number of halogens is 1. The molecule has 0 amide bonds.